The van der Waals surface area contributed by atoms with Crippen LogP contribution in [0.2, 0.25) is 10.3 Å². The summed E-state index contributed by atoms with van der Waals surface area (Å²) in [7, 11) is 1.53. The third-order valence-electron chi connectivity index (χ3n) is 3.47. The van der Waals surface area contributed by atoms with Crippen molar-refractivity contribution in [3.8, 4) is 17.0 Å². The van der Waals surface area contributed by atoms with Gasteiger partial charge in [-0.3, -0.25) is 14.2 Å². The Kier molecular flexibility index (Phi) is 6.84. The van der Waals surface area contributed by atoms with Crippen molar-refractivity contribution in [3.05, 3.63) is 44.9 Å². The van der Waals surface area contributed by atoms with Crippen molar-refractivity contribution in [2.45, 2.75) is 26.3 Å². The van der Waals surface area contributed by atoms with Crippen LogP contribution in [0, 0.1) is 0 Å². The van der Waals surface area contributed by atoms with Crippen molar-refractivity contribution >= 4 is 29.2 Å². The van der Waals surface area contributed by atoms with E-state index in [9.17, 15) is 9.59 Å². The fourth-order valence-corrected chi connectivity index (χ4v) is 2.74. The Bertz CT molecular complexity index is 821. The predicted octanol–water partition coefficient (Wildman–Crippen LogP) is 3.57. The Labute approximate surface area is 155 Å². The summed E-state index contributed by atoms with van der Waals surface area (Å²) in [6.07, 6.45) is 1.65. The topological polar surface area (TPSA) is 70.4 Å². The van der Waals surface area contributed by atoms with Gasteiger partial charge in [-0.2, -0.15) is 0 Å². The van der Waals surface area contributed by atoms with Crippen molar-refractivity contribution < 1.29 is 14.3 Å². The lowest BCUT2D eigenvalue weighted by atomic mass is 10.1. The summed E-state index contributed by atoms with van der Waals surface area (Å²) in [6, 6.07) is 6.92. The molecule has 0 aliphatic carbocycles. The lowest BCUT2D eigenvalue weighted by Crippen LogP contribution is -2.28. The van der Waals surface area contributed by atoms with Gasteiger partial charge in [0.25, 0.3) is 5.56 Å². The smallest absolute Gasteiger partial charge is 0.326 e. The average molecular weight is 385 g/mol. The van der Waals surface area contributed by atoms with Crippen molar-refractivity contribution in [1.29, 1.82) is 0 Å². The molecule has 0 saturated carbocycles. The summed E-state index contributed by atoms with van der Waals surface area (Å²) in [5, 5.41) is -0.294. The van der Waals surface area contributed by atoms with Crippen molar-refractivity contribution in [3.63, 3.8) is 0 Å². The van der Waals surface area contributed by atoms with E-state index in [2.05, 4.69) is 4.98 Å². The van der Waals surface area contributed by atoms with E-state index < -0.39 is 11.5 Å². The molecule has 8 heteroatoms. The zero-order chi connectivity index (χ0) is 18.4. The minimum atomic E-state index is -0.615. The van der Waals surface area contributed by atoms with Gasteiger partial charge in [0.2, 0.25) is 0 Å². The standard InChI is InChI=1S/C17H18Cl2N2O4/c1-3-4-8-25-13(22)10-21-14(15(18)20-16(19)17(21)23)11-6-5-7-12(9-11)24-2/h5-7,9H,3-4,8,10H2,1-2H3. The lowest BCUT2D eigenvalue weighted by Gasteiger charge is -2.15. The van der Waals surface area contributed by atoms with E-state index in [-0.39, 0.29) is 22.5 Å². The van der Waals surface area contributed by atoms with Crippen molar-refractivity contribution in [1.82, 2.24) is 9.55 Å². The maximum absolute atomic E-state index is 12.4. The molecule has 25 heavy (non-hydrogen) atoms. The predicted molar refractivity (Wildman–Crippen MR) is 96.4 cm³/mol. The Morgan fingerprint density at radius 2 is 2.04 bits per heavy atom. The molecule has 6 nitrogen and oxygen atoms in total. The van der Waals surface area contributed by atoms with Crippen molar-refractivity contribution in [2.75, 3.05) is 13.7 Å². The number of esters is 1. The van der Waals surface area contributed by atoms with Crippen LogP contribution in [0.25, 0.3) is 11.3 Å². The summed E-state index contributed by atoms with van der Waals surface area (Å²) in [4.78, 5) is 28.3. The second-order valence-electron chi connectivity index (χ2n) is 5.24. The first-order chi connectivity index (χ1) is 12.0. The van der Waals surface area contributed by atoms with Crippen LogP contribution in [0.4, 0.5) is 0 Å². The molecule has 2 aromatic rings. The fourth-order valence-electron chi connectivity index (χ4n) is 2.21. The van der Waals surface area contributed by atoms with E-state index in [1.165, 1.54) is 11.7 Å². The Hall–Kier alpha value is -2.05. The van der Waals surface area contributed by atoms with Crippen LogP contribution >= 0.6 is 23.2 Å². The van der Waals surface area contributed by atoms with Crippen LogP contribution in [-0.2, 0) is 16.1 Å². The SMILES string of the molecule is CCCCOC(=O)Cn1c(-c2cccc(OC)c2)c(Cl)nc(Cl)c1=O. The molecule has 0 spiro atoms. The second-order valence-corrected chi connectivity index (χ2v) is 5.96. The van der Waals surface area contributed by atoms with Crippen LogP contribution in [-0.4, -0.2) is 29.2 Å². The molecule has 0 aliphatic rings. The van der Waals surface area contributed by atoms with Gasteiger partial charge >= 0.3 is 5.97 Å². The number of carbonyl (C=O) groups is 1. The molecule has 1 aromatic carbocycles. The van der Waals surface area contributed by atoms with E-state index in [0.29, 0.717) is 17.9 Å². The largest absolute Gasteiger partial charge is 0.497 e. The van der Waals surface area contributed by atoms with Crippen molar-refractivity contribution in [2.24, 2.45) is 0 Å². The number of rotatable bonds is 7. The van der Waals surface area contributed by atoms with Gasteiger partial charge in [0.1, 0.15) is 12.3 Å². The molecule has 0 unspecified atom stereocenters. The van der Waals surface area contributed by atoms with Crippen LogP contribution in [0.15, 0.2) is 29.1 Å². The molecule has 1 aromatic heterocycles. The van der Waals surface area contributed by atoms with Gasteiger partial charge in [-0.15, -0.1) is 0 Å². The Balaban J connectivity index is 2.46. The molecule has 0 bridgehead atoms. The van der Waals surface area contributed by atoms with Gasteiger partial charge in [-0.05, 0) is 18.6 Å². The van der Waals surface area contributed by atoms with Crippen LogP contribution < -0.4 is 10.3 Å². The van der Waals surface area contributed by atoms with Crippen LogP contribution in [0.1, 0.15) is 19.8 Å². The first kappa shape index (κ1) is 19.3. The number of methoxy groups -OCH3 is 1. The van der Waals surface area contributed by atoms with Gasteiger partial charge in [0.15, 0.2) is 10.3 Å². The molecule has 0 atom stereocenters. The van der Waals surface area contributed by atoms with Crippen LogP contribution in [0.3, 0.4) is 0 Å². The minimum Gasteiger partial charge on any atom is -0.497 e. The lowest BCUT2D eigenvalue weighted by molar-refractivity contribution is -0.144. The van der Waals surface area contributed by atoms with E-state index in [4.69, 9.17) is 32.7 Å². The number of aromatic nitrogens is 2. The maximum atomic E-state index is 12.4. The molecule has 0 amide bonds. The third-order valence-corrected chi connectivity index (χ3v) is 3.98. The highest BCUT2D eigenvalue weighted by Crippen LogP contribution is 2.29. The van der Waals surface area contributed by atoms with Gasteiger partial charge in [0.05, 0.1) is 19.4 Å². The number of ether oxygens (including phenoxy) is 2. The Morgan fingerprint density at radius 1 is 1.28 bits per heavy atom. The van der Waals surface area contributed by atoms with Gasteiger partial charge < -0.3 is 9.47 Å². The van der Waals surface area contributed by atoms with E-state index in [1.54, 1.807) is 24.3 Å². The number of unbranched alkanes of at least 4 members (excludes halogenated alkanes) is 1. The van der Waals surface area contributed by atoms with Crippen LogP contribution in [0.5, 0.6) is 5.75 Å². The normalized spacial score (nSPS) is 10.6. The molecule has 0 N–H and O–H groups in total. The highest BCUT2D eigenvalue weighted by atomic mass is 35.5. The molecular weight excluding hydrogens is 367 g/mol. The first-order valence-electron chi connectivity index (χ1n) is 7.73. The summed E-state index contributed by atoms with van der Waals surface area (Å²) in [5.74, 6) is 0.0334. The fraction of sp³-hybridized carbons (Fsp3) is 0.353. The third kappa shape index (κ3) is 4.74. The molecule has 0 fully saturated rings. The average Bonchev–Trinajstić information content (AvgIpc) is 2.59. The number of benzene rings is 1. The number of nitrogens with zero attached hydrogens (tertiary/aromatic N) is 2. The minimum absolute atomic E-state index is 0.0132. The van der Waals surface area contributed by atoms with E-state index in [0.717, 1.165) is 12.8 Å². The second kappa shape index (κ2) is 8.87. The zero-order valence-electron chi connectivity index (χ0n) is 13.9. The van der Waals surface area contributed by atoms with E-state index >= 15 is 0 Å². The quantitative estimate of drug-likeness (QED) is 0.538. The number of halogens is 2. The number of hydrogen-bond donors (Lipinski definition) is 0. The molecule has 134 valence electrons. The summed E-state index contributed by atoms with van der Waals surface area (Å²) < 4.78 is 11.5. The van der Waals surface area contributed by atoms with E-state index in [1.807, 2.05) is 6.92 Å². The molecule has 0 radical (unpaired) electrons. The first-order valence-corrected chi connectivity index (χ1v) is 8.49. The van der Waals surface area contributed by atoms with Gasteiger partial charge in [0, 0.05) is 5.56 Å². The van der Waals surface area contributed by atoms with Gasteiger partial charge in [-0.25, -0.2) is 4.98 Å². The Morgan fingerprint density at radius 3 is 2.72 bits per heavy atom. The molecule has 2 rings (SSSR count). The number of hydrogen-bond acceptors (Lipinski definition) is 5. The van der Waals surface area contributed by atoms with Gasteiger partial charge in [-0.1, -0.05) is 48.7 Å². The monoisotopic (exact) mass is 384 g/mol. The summed E-state index contributed by atoms with van der Waals surface area (Å²) in [6.45, 7) is 1.98. The molecular formula is C17H18Cl2N2O4. The summed E-state index contributed by atoms with van der Waals surface area (Å²) >= 11 is 12.0. The molecule has 1 heterocycles. The summed E-state index contributed by atoms with van der Waals surface area (Å²) in [5.41, 5.74) is 0.241. The highest BCUT2D eigenvalue weighted by Gasteiger charge is 2.19. The maximum Gasteiger partial charge on any atom is 0.326 e. The zero-order valence-corrected chi connectivity index (χ0v) is 15.4. The molecule has 0 saturated heterocycles. The highest BCUT2D eigenvalue weighted by molar-refractivity contribution is 6.33. The number of carbonyl (C=O) groups excluding carboxylic acids is 1. The molecule has 0 aliphatic heterocycles.